The van der Waals surface area contributed by atoms with Crippen molar-refractivity contribution >= 4 is 11.6 Å². The molecular weight excluding hydrogens is 99.5 g/mol. The quantitative estimate of drug-likeness (QED) is 0.273. The van der Waals surface area contributed by atoms with Crippen LogP contribution in [-0.2, 0) is 0 Å². The molecule has 0 fully saturated rings. The van der Waals surface area contributed by atoms with Gasteiger partial charge in [0.2, 0.25) is 0 Å². The van der Waals surface area contributed by atoms with E-state index in [4.69, 9.17) is 11.6 Å². The van der Waals surface area contributed by atoms with Gasteiger partial charge in [0, 0.05) is 5.38 Å². The van der Waals surface area contributed by atoms with Crippen LogP contribution in [0.4, 0.5) is 0 Å². The van der Waals surface area contributed by atoms with Gasteiger partial charge in [-0.3, -0.25) is 11.7 Å². The molecule has 0 rings (SSSR count). The average molecular weight is 112 g/mol. The largest absolute Gasteiger partial charge is 1.00 e. The summed E-state index contributed by atoms with van der Waals surface area (Å²) in [7, 11) is 0. The minimum absolute atomic E-state index is 0. The van der Waals surface area contributed by atoms with Crippen LogP contribution in [0, 0.1) is 0 Å². The molecule has 6 heavy (non-hydrogen) atoms. The molecule has 0 aliphatic carbocycles. The van der Waals surface area contributed by atoms with Crippen LogP contribution in [0.25, 0.3) is 0 Å². The lowest BCUT2D eigenvalue weighted by Crippen LogP contribution is -2.02. The van der Waals surface area contributed by atoms with Crippen LogP contribution < -0.4 is 11.7 Å². The number of nitrogens with two attached hydrogens (primary N) is 2. The molecular formula is C3H12ClN2+. The first-order chi connectivity index (χ1) is 2.73. The van der Waals surface area contributed by atoms with Crippen LogP contribution in [0.1, 0.15) is 15.3 Å². The van der Waals surface area contributed by atoms with Crippen molar-refractivity contribution in [1.29, 1.82) is 0 Å². The fourth-order valence-electron chi connectivity index (χ4n) is 0. The fraction of sp³-hybridized carbons (Fsp3) is 1.00. The van der Waals surface area contributed by atoms with E-state index in [1.165, 1.54) is 0 Å². The normalized spacial score (nSPS) is 7.00. The summed E-state index contributed by atoms with van der Waals surface area (Å²) in [5.41, 5.74) is 0. The lowest BCUT2D eigenvalue weighted by atomic mass is 10.6. The molecule has 0 atom stereocenters. The van der Waals surface area contributed by atoms with Gasteiger partial charge in [0.1, 0.15) is 0 Å². The van der Waals surface area contributed by atoms with Gasteiger partial charge in [-0.05, 0) is 13.8 Å². The molecule has 0 aliphatic heterocycles. The SMILES string of the molecule is CC(C)Cl.NN.[H+]. The Kier molecular flexibility index (Phi) is 14.2. The van der Waals surface area contributed by atoms with Crippen molar-refractivity contribution in [2.45, 2.75) is 19.2 Å². The fourth-order valence-corrected chi connectivity index (χ4v) is 0. The predicted octanol–water partition coefficient (Wildman–Crippen LogP) is 0.565. The minimum Gasteiger partial charge on any atom is -0.274 e. The van der Waals surface area contributed by atoms with Crippen molar-refractivity contribution in [3.8, 4) is 0 Å². The van der Waals surface area contributed by atoms with E-state index in [9.17, 15) is 0 Å². The summed E-state index contributed by atoms with van der Waals surface area (Å²) in [6, 6.07) is 0. The highest BCUT2D eigenvalue weighted by atomic mass is 35.5. The highest BCUT2D eigenvalue weighted by Crippen LogP contribution is 1.84. The van der Waals surface area contributed by atoms with Gasteiger partial charge in [-0.1, -0.05) is 0 Å². The lowest BCUT2D eigenvalue weighted by molar-refractivity contribution is 1.10. The van der Waals surface area contributed by atoms with Gasteiger partial charge in [0.15, 0.2) is 0 Å². The van der Waals surface area contributed by atoms with Crippen molar-refractivity contribution < 1.29 is 1.43 Å². The third kappa shape index (κ3) is 984. The third-order valence-corrected chi connectivity index (χ3v) is 0. The first kappa shape index (κ1) is 9.51. The molecule has 0 saturated carbocycles. The van der Waals surface area contributed by atoms with Crippen LogP contribution in [0.2, 0.25) is 0 Å². The van der Waals surface area contributed by atoms with Gasteiger partial charge in [-0.2, -0.15) is 0 Å². The highest BCUT2D eigenvalue weighted by molar-refractivity contribution is 6.20. The second-order valence-electron chi connectivity index (χ2n) is 1.01. The molecule has 4 N–H and O–H groups in total. The van der Waals surface area contributed by atoms with Gasteiger partial charge >= 0.3 is 1.43 Å². The van der Waals surface area contributed by atoms with Crippen molar-refractivity contribution in [2.24, 2.45) is 11.7 Å². The molecule has 0 aromatic heterocycles. The highest BCUT2D eigenvalue weighted by Gasteiger charge is 1.71. The summed E-state index contributed by atoms with van der Waals surface area (Å²) < 4.78 is 0. The number of hydrazine groups is 1. The number of hydrogen-bond donors (Lipinski definition) is 2. The van der Waals surface area contributed by atoms with Gasteiger partial charge < -0.3 is 0 Å². The Morgan fingerprint density at radius 3 is 1.50 bits per heavy atom. The first-order valence-electron chi connectivity index (χ1n) is 1.71. The molecule has 3 heteroatoms. The second-order valence-corrected chi connectivity index (χ2v) is 1.89. The summed E-state index contributed by atoms with van der Waals surface area (Å²) in [6.45, 7) is 3.86. The zero-order valence-corrected chi connectivity index (χ0v) is 4.87. The summed E-state index contributed by atoms with van der Waals surface area (Å²) in [5.74, 6) is 8.00. The molecule has 0 aromatic rings. The maximum Gasteiger partial charge on any atom is 1.00 e. The van der Waals surface area contributed by atoms with E-state index in [2.05, 4.69) is 11.7 Å². The summed E-state index contributed by atoms with van der Waals surface area (Å²) in [6.07, 6.45) is 0. The third-order valence-electron chi connectivity index (χ3n) is 0. The number of alkyl halides is 1. The Hall–Kier alpha value is 0.210. The van der Waals surface area contributed by atoms with Crippen LogP contribution in [0.15, 0.2) is 0 Å². The number of rotatable bonds is 0. The first-order valence-corrected chi connectivity index (χ1v) is 2.14. The lowest BCUT2D eigenvalue weighted by Gasteiger charge is -1.76. The van der Waals surface area contributed by atoms with E-state index in [-0.39, 0.29) is 1.43 Å². The Morgan fingerprint density at radius 2 is 1.50 bits per heavy atom. The van der Waals surface area contributed by atoms with Crippen molar-refractivity contribution in [1.82, 2.24) is 0 Å². The molecule has 0 unspecified atom stereocenters. The molecule has 0 aliphatic rings. The van der Waals surface area contributed by atoms with Gasteiger partial charge in [0.05, 0.1) is 0 Å². The van der Waals surface area contributed by atoms with Crippen molar-refractivity contribution in [3.63, 3.8) is 0 Å². The molecule has 0 heterocycles. The van der Waals surface area contributed by atoms with Crippen molar-refractivity contribution in [2.75, 3.05) is 0 Å². The topological polar surface area (TPSA) is 52.0 Å². The van der Waals surface area contributed by atoms with Gasteiger partial charge in [-0.15, -0.1) is 11.6 Å². The smallest absolute Gasteiger partial charge is 0.274 e. The van der Waals surface area contributed by atoms with Crippen molar-refractivity contribution in [3.05, 3.63) is 0 Å². The monoisotopic (exact) mass is 111 g/mol. The molecule has 0 spiro atoms. The van der Waals surface area contributed by atoms with Crippen LogP contribution in [0.3, 0.4) is 0 Å². The van der Waals surface area contributed by atoms with E-state index < -0.39 is 0 Å². The standard InChI is InChI=1S/C3H7Cl.H4N2/c1-3(2)4;1-2/h3H,1-2H3;1-2H2/p+1. The zero-order valence-electron chi connectivity index (χ0n) is 5.11. The Labute approximate surface area is 44.9 Å². The molecule has 0 bridgehead atoms. The van der Waals surface area contributed by atoms with E-state index >= 15 is 0 Å². The van der Waals surface area contributed by atoms with E-state index in [0.717, 1.165) is 0 Å². The zero-order chi connectivity index (χ0) is 5.58. The Morgan fingerprint density at radius 1 is 1.50 bits per heavy atom. The summed E-state index contributed by atoms with van der Waals surface area (Å²) in [4.78, 5) is 0. The Bertz CT molecular complexity index is 17.7. The molecule has 0 aromatic carbocycles. The van der Waals surface area contributed by atoms with Gasteiger partial charge in [0.25, 0.3) is 0 Å². The molecule has 0 radical (unpaired) electrons. The van der Waals surface area contributed by atoms with Crippen LogP contribution in [-0.4, -0.2) is 5.38 Å². The number of halogens is 1. The molecule has 2 nitrogen and oxygen atoms in total. The van der Waals surface area contributed by atoms with E-state index in [1.54, 1.807) is 0 Å². The van der Waals surface area contributed by atoms with Gasteiger partial charge in [-0.25, -0.2) is 0 Å². The Balaban J connectivity index is -0.0000000480. The maximum absolute atomic E-state index is 5.27. The number of hydrogen-bond acceptors (Lipinski definition) is 2. The second kappa shape index (κ2) is 8.96. The molecule has 40 valence electrons. The van der Waals surface area contributed by atoms with Crippen LogP contribution in [0.5, 0.6) is 0 Å². The predicted molar refractivity (Wildman–Crippen MR) is 30.5 cm³/mol. The minimum atomic E-state index is 0. The molecule has 0 amide bonds. The molecule has 0 saturated heterocycles. The average Bonchev–Trinajstić information content (AvgIpc) is 1.41. The van der Waals surface area contributed by atoms with Crippen LogP contribution >= 0.6 is 11.6 Å². The summed E-state index contributed by atoms with van der Waals surface area (Å²) >= 11 is 5.27. The van der Waals surface area contributed by atoms with E-state index in [0.29, 0.717) is 5.38 Å². The van der Waals surface area contributed by atoms with E-state index in [1.807, 2.05) is 13.8 Å². The maximum atomic E-state index is 5.27. The summed E-state index contributed by atoms with van der Waals surface area (Å²) in [5, 5.41) is 0.306.